The zero-order chi connectivity index (χ0) is 10.8. The summed E-state index contributed by atoms with van der Waals surface area (Å²) in [5, 5.41) is 16.1. The molecule has 0 spiro atoms. The Morgan fingerprint density at radius 3 is 2.60 bits per heavy atom. The molecular formula is C12H11N3. The number of aromatic nitrogens is 2. The molecule has 0 saturated heterocycles. The molecule has 3 heteroatoms. The van der Waals surface area contributed by atoms with E-state index >= 15 is 0 Å². The van der Waals surface area contributed by atoms with E-state index in [0.717, 1.165) is 22.5 Å². The molecule has 74 valence electrons. The van der Waals surface area contributed by atoms with Crippen molar-refractivity contribution in [1.29, 1.82) is 5.26 Å². The predicted octanol–water partition coefficient (Wildman–Crippen LogP) is 2.57. The smallest absolute Gasteiger partial charge is 0.0998 e. The number of nitrogens with zero attached hydrogens (tertiary/aromatic N) is 2. The van der Waals surface area contributed by atoms with Gasteiger partial charge < -0.3 is 0 Å². The van der Waals surface area contributed by atoms with Crippen LogP contribution in [0.25, 0.3) is 11.1 Å². The van der Waals surface area contributed by atoms with Crippen molar-refractivity contribution in [3.05, 3.63) is 41.2 Å². The average Bonchev–Trinajstić information content (AvgIpc) is 2.59. The molecule has 0 aliphatic rings. The summed E-state index contributed by atoms with van der Waals surface area (Å²) in [5.41, 5.74) is 4.59. The first-order valence-corrected chi connectivity index (χ1v) is 4.75. The van der Waals surface area contributed by atoms with Crippen LogP contribution in [0.3, 0.4) is 0 Å². The summed E-state index contributed by atoms with van der Waals surface area (Å²) < 4.78 is 0. The molecule has 0 radical (unpaired) electrons. The summed E-state index contributed by atoms with van der Waals surface area (Å²) >= 11 is 0. The lowest BCUT2D eigenvalue weighted by Crippen LogP contribution is -1.86. The van der Waals surface area contributed by atoms with Gasteiger partial charge in [0.1, 0.15) is 0 Å². The summed E-state index contributed by atoms with van der Waals surface area (Å²) in [6, 6.07) is 9.77. The highest BCUT2D eigenvalue weighted by atomic mass is 15.1. The van der Waals surface area contributed by atoms with E-state index in [1.807, 2.05) is 38.1 Å². The van der Waals surface area contributed by atoms with Gasteiger partial charge in [-0.15, -0.1) is 0 Å². The molecule has 1 heterocycles. The van der Waals surface area contributed by atoms with E-state index < -0.39 is 0 Å². The second-order valence-corrected chi connectivity index (χ2v) is 3.47. The Morgan fingerprint density at radius 2 is 2.00 bits per heavy atom. The van der Waals surface area contributed by atoms with E-state index in [4.69, 9.17) is 5.26 Å². The zero-order valence-corrected chi connectivity index (χ0v) is 8.70. The second kappa shape index (κ2) is 3.58. The Morgan fingerprint density at radius 1 is 1.27 bits per heavy atom. The third kappa shape index (κ3) is 1.50. The maximum Gasteiger partial charge on any atom is 0.0998 e. The van der Waals surface area contributed by atoms with Crippen molar-refractivity contribution in [2.75, 3.05) is 0 Å². The lowest BCUT2D eigenvalue weighted by molar-refractivity contribution is 1.02. The molecule has 15 heavy (non-hydrogen) atoms. The molecule has 0 amide bonds. The van der Waals surface area contributed by atoms with Crippen LogP contribution in [0.5, 0.6) is 0 Å². The standard InChI is InChI=1S/C12H11N3/c1-8-12(9(2)15-14-8)11-6-4-3-5-10(11)7-13/h3-6H,1-2H3,(H,14,15). The summed E-state index contributed by atoms with van der Waals surface area (Å²) in [6.45, 7) is 3.90. The number of nitrogens with one attached hydrogen (secondary N) is 1. The van der Waals surface area contributed by atoms with Gasteiger partial charge in [0.15, 0.2) is 0 Å². The lowest BCUT2D eigenvalue weighted by atomic mass is 9.99. The van der Waals surface area contributed by atoms with Gasteiger partial charge >= 0.3 is 0 Å². The Hall–Kier alpha value is -2.08. The van der Waals surface area contributed by atoms with Gasteiger partial charge in [0.2, 0.25) is 0 Å². The summed E-state index contributed by atoms with van der Waals surface area (Å²) in [7, 11) is 0. The first-order chi connectivity index (χ1) is 7.24. The van der Waals surface area contributed by atoms with Crippen molar-refractivity contribution in [3.63, 3.8) is 0 Å². The van der Waals surface area contributed by atoms with Crippen LogP contribution in [0.2, 0.25) is 0 Å². The third-order valence-electron chi connectivity index (χ3n) is 2.44. The number of H-pyrrole nitrogens is 1. The minimum atomic E-state index is 0.685. The number of benzene rings is 1. The molecule has 0 saturated carbocycles. The Bertz CT molecular complexity index is 513. The number of nitriles is 1. The van der Waals surface area contributed by atoms with Gasteiger partial charge in [0.05, 0.1) is 17.3 Å². The molecule has 0 unspecified atom stereocenters. The van der Waals surface area contributed by atoms with E-state index in [-0.39, 0.29) is 0 Å². The molecular weight excluding hydrogens is 186 g/mol. The van der Waals surface area contributed by atoms with Crippen molar-refractivity contribution in [1.82, 2.24) is 10.2 Å². The topological polar surface area (TPSA) is 52.5 Å². The summed E-state index contributed by atoms with van der Waals surface area (Å²) in [4.78, 5) is 0. The molecule has 1 aromatic heterocycles. The fraction of sp³-hybridized carbons (Fsp3) is 0.167. The van der Waals surface area contributed by atoms with Crippen LogP contribution >= 0.6 is 0 Å². The first kappa shape index (κ1) is 9.47. The molecule has 3 nitrogen and oxygen atoms in total. The van der Waals surface area contributed by atoms with Crippen molar-refractivity contribution >= 4 is 0 Å². The van der Waals surface area contributed by atoms with Crippen LogP contribution in [-0.4, -0.2) is 10.2 Å². The van der Waals surface area contributed by atoms with Crippen LogP contribution in [0.4, 0.5) is 0 Å². The first-order valence-electron chi connectivity index (χ1n) is 4.75. The lowest BCUT2D eigenvalue weighted by Gasteiger charge is -2.03. The molecule has 0 bridgehead atoms. The van der Waals surface area contributed by atoms with Crippen LogP contribution in [0, 0.1) is 25.2 Å². The minimum absolute atomic E-state index is 0.685. The fourth-order valence-corrected chi connectivity index (χ4v) is 1.75. The third-order valence-corrected chi connectivity index (χ3v) is 2.44. The Labute approximate surface area is 88.4 Å². The SMILES string of the molecule is Cc1n[nH]c(C)c1-c1ccccc1C#N. The highest BCUT2D eigenvalue weighted by molar-refractivity contribution is 5.73. The average molecular weight is 197 g/mol. The molecule has 0 atom stereocenters. The van der Waals surface area contributed by atoms with Crippen molar-refractivity contribution in [2.45, 2.75) is 13.8 Å². The Kier molecular flexibility index (Phi) is 2.26. The maximum atomic E-state index is 9.02. The number of aromatic amines is 1. The van der Waals surface area contributed by atoms with Crippen molar-refractivity contribution in [2.24, 2.45) is 0 Å². The molecule has 1 aromatic carbocycles. The van der Waals surface area contributed by atoms with Gasteiger partial charge in [-0.25, -0.2) is 0 Å². The van der Waals surface area contributed by atoms with Gasteiger partial charge in [-0.1, -0.05) is 18.2 Å². The quantitative estimate of drug-likeness (QED) is 0.763. The minimum Gasteiger partial charge on any atom is -0.282 e. The maximum absolute atomic E-state index is 9.02. The van der Waals surface area contributed by atoms with Crippen LogP contribution in [0.15, 0.2) is 24.3 Å². The number of hydrogen-bond acceptors (Lipinski definition) is 2. The van der Waals surface area contributed by atoms with Gasteiger partial charge in [-0.3, -0.25) is 5.10 Å². The van der Waals surface area contributed by atoms with E-state index in [2.05, 4.69) is 16.3 Å². The highest BCUT2D eigenvalue weighted by Gasteiger charge is 2.11. The molecule has 2 aromatic rings. The predicted molar refractivity (Wildman–Crippen MR) is 58.2 cm³/mol. The normalized spacial score (nSPS) is 9.93. The van der Waals surface area contributed by atoms with Crippen molar-refractivity contribution in [3.8, 4) is 17.2 Å². The van der Waals surface area contributed by atoms with E-state index in [0.29, 0.717) is 5.56 Å². The fourth-order valence-electron chi connectivity index (χ4n) is 1.75. The van der Waals surface area contributed by atoms with Crippen molar-refractivity contribution < 1.29 is 0 Å². The highest BCUT2D eigenvalue weighted by Crippen LogP contribution is 2.27. The molecule has 1 N–H and O–H groups in total. The van der Waals surface area contributed by atoms with Gasteiger partial charge in [-0.2, -0.15) is 10.4 Å². The van der Waals surface area contributed by atoms with Crippen LogP contribution in [-0.2, 0) is 0 Å². The van der Waals surface area contributed by atoms with Crippen LogP contribution in [0.1, 0.15) is 17.0 Å². The Balaban J connectivity index is 2.70. The van der Waals surface area contributed by atoms with Gasteiger partial charge in [0.25, 0.3) is 0 Å². The largest absolute Gasteiger partial charge is 0.282 e. The number of hydrogen-bond donors (Lipinski definition) is 1. The summed E-state index contributed by atoms with van der Waals surface area (Å²) in [5.74, 6) is 0. The molecule has 0 aliphatic carbocycles. The number of rotatable bonds is 1. The summed E-state index contributed by atoms with van der Waals surface area (Å²) in [6.07, 6.45) is 0. The molecule has 0 fully saturated rings. The second-order valence-electron chi connectivity index (χ2n) is 3.47. The van der Waals surface area contributed by atoms with E-state index in [1.165, 1.54) is 0 Å². The van der Waals surface area contributed by atoms with Crippen LogP contribution < -0.4 is 0 Å². The monoisotopic (exact) mass is 197 g/mol. The van der Waals surface area contributed by atoms with E-state index in [9.17, 15) is 0 Å². The van der Waals surface area contributed by atoms with Gasteiger partial charge in [-0.05, 0) is 19.9 Å². The molecule has 2 rings (SSSR count). The van der Waals surface area contributed by atoms with E-state index in [1.54, 1.807) is 0 Å². The zero-order valence-electron chi connectivity index (χ0n) is 8.70. The number of aryl methyl sites for hydroxylation is 2. The van der Waals surface area contributed by atoms with Gasteiger partial charge in [0, 0.05) is 16.8 Å². The molecule has 0 aliphatic heterocycles.